The van der Waals surface area contributed by atoms with Gasteiger partial charge >= 0.3 is 5.97 Å². The fourth-order valence-corrected chi connectivity index (χ4v) is 1.51. The Hall–Kier alpha value is -1.88. The van der Waals surface area contributed by atoms with E-state index < -0.39 is 11.8 Å². The minimum Gasteiger partial charge on any atom is -0.477 e. The Kier molecular flexibility index (Phi) is 2.62. The summed E-state index contributed by atoms with van der Waals surface area (Å²) < 4.78 is 12.8. The molecule has 0 bridgehead atoms. The molecule has 1 heterocycles. The van der Waals surface area contributed by atoms with Gasteiger partial charge in [-0.2, -0.15) is 0 Å². The molecule has 0 aliphatic carbocycles. The van der Waals surface area contributed by atoms with Crippen molar-refractivity contribution in [3.63, 3.8) is 0 Å². The summed E-state index contributed by atoms with van der Waals surface area (Å²) in [4.78, 5) is 17.0. The molecule has 6 heteroatoms. The average molecular weight is 241 g/mol. The van der Waals surface area contributed by atoms with Gasteiger partial charge in [0.1, 0.15) is 17.3 Å². The van der Waals surface area contributed by atoms with E-state index in [-0.39, 0.29) is 10.7 Å². The molecule has 0 fully saturated rings. The van der Waals surface area contributed by atoms with Crippen molar-refractivity contribution in [1.29, 1.82) is 0 Å². The summed E-state index contributed by atoms with van der Waals surface area (Å²) in [6.45, 7) is 0. The van der Waals surface area contributed by atoms with Crippen molar-refractivity contribution < 1.29 is 14.3 Å². The number of aromatic nitrogens is 2. The van der Waals surface area contributed by atoms with Gasteiger partial charge < -0.3 is 10.1 Å². The molecule has 0 atom stereocenters. The van der Waals surface area contributed by atoms with E-state index in [4.69, 9.17) is 16.7 Å². The quantitative estimate of drug-likeness (QED) is 0.848. The van der Waals surface area contributed by atoms with Crippen LogP contribution in [0.4, 0.5) is 4.39 Å². The zero-order valence-corrected chi connectivity index (χ0v) is 8.62. The van der Waals surface area contributed by atoms with Gasteiger partial charge in [0, 0.05) is 5.56 Å². The Labute approximate surface area is 94.7 Å². The Morgan fingerprint density at radius 2 is 2.25 bits per heavy atom. The number of rotatable bonds is 2. The van der Waals surface area contributed by atoms with Crippen molar-refractivity contribution in [2.45, 2.75) is 0 Å². The van der Waals surface area contributed by atoms with Crippen molar-refractivity contribution in [2.75, 3.05) is 0 Å². The highest BCUT2D eigenvalue weighted by Gasteiger charge is 2.11. The second kappa shape index (κ2) is 3.94. The van der Waals surface area contributed by atoms with Crippen LogP contribution in [0.25, 0.3) is 11.4 Å². The molecule has 0 spiro atoms. The zero-order chi connectivity index (χ0) is 11.7. The van der Waals surface area contributed by atoms with Gasteiger partial charge in [-0.05, 0) is 18.2 Å². The van der Waals surface area contributed by atoms with Crippen LogP contribution in [0, 0.1) is 5.82 Å². The fourth-order valence-electron chi connectivity index (χ4n) is 1.25. The van der Waals surface area contributed by atoms with Gasteiger partial charge in [-0.15, -0.1) is 0 Å². The minimum atomic E-state index is -1.11. The largest absolute Gasteiger partial charge is 0.477 e. The Balaban J connectivity index is 2.46. The van der Waals surface area contributed by atoms with Gasteiger partial charge in [-0.1, -0.05) is 11.6 Å². The van der Waals surface area contributed by atoms with Gasteiger partial charge in [0.2, 0.25) is 0 Å². The second-order valence-corrected chi connectivity index (χ2v) is 3.48. The maximum absolute atomic E-state index is 12.8. The first-order chi connectivity index (χ1) is 7.58. The van der Waals surface area contributed by atoms with Gasteiger partial charge in [-0.3, -0.25) is 0 Å². The summed E-state index contributed by atoms with van der Waals surface area (Å²) in [6, 6.07) is 3.80. The first-order valence-corrected chi connectivity index (χ1v) is 4.69. The lowest BCUT2D eigenvalue weighted by atomic mass is 10.2. The van der Waals surface area contributed by atoms with Gasteiger partial charge in [-0.25, -0.2) is 14.2 Å². The first kappa shape index (κ1) is 10.6. The number of aromatic carboxylic acids is 1. The average Bonchev–Trinajstić information content (AvgIpc) is 2.66. The third-order valence-corrected chi connectivity index (χ3v) is 2.31. The summed E-state index contributed by atoms with van der Waals surface area (Å²) in [5.74, 6) is -1.28. The third-order valence-electron chi connectivity index (χ3n) is 1.99. The predicted octanol–water partition coefficient (Wildman–Crippen LogP) is 2.57. The standard InChI is InChI=1S/C10H6ClFN2O2/c11-7-3-5(12)1-2-6(7)9-13-4-8(14-9)10(15)16/h1-4H,(H,13,14)(H,15,16). The van der Waals surface area contributed by atoms with Crippen LogP contribution < -0.4 is 0 Å². The summed E-state index contributed by atoms with van der Waals surface area (Å²) in [5, 5.41) is 8.87. The maximum atomic E-state index is 12.8. The van der Waals surface area contributed by atoms with Crippen molar-refractivity contribution >= 4 is 17.6 Å². The zero-order valence-electron chi connectivity index (χ0n) is 7.87. The molecule has 2 aromatic rings. The van der Waals surface area contributed by atoms with Crippen LogP contribution in [-0.2, 0) is 0 Å². The van der Waals surface area contributed by atoms with Crippen LogP contribution in [-0.4, -0.2) is 21.0 Å². The number of benzene rings is 1. The molecule has 0 aliphatic rings. The highest BCUT2D eigenvalue weighted by molar-refractivity contribution is 6.33. The predicted molar refractivity (Wildman–Crippen MR) is 56.0 cm³/mol. The molecular formula is C10H6ClFN2O2. The lowest BCUT2D eigenvalue weighted by Gasteiger charge is -1.99. The summed E-state index contributed by atoms with van der Waals surface area (Å²) >= 11 is 5.81. The van der Waals surface area contributed by atoms with Gasteiger partial charge in [0.05, 0.1) is 11.2 Å². The third kappa shape index (κ3) is 1.90. The topological polar surface area (TPSA) is 66.0 Å². The molecule has 1 aromatic carbocycles. The van der Waals surface area contributed by atoms with Gasteiger partial charge in [0.15, 0.2) is 0 Å². The molecule has 1 aromatic heterocycles. The maximum Gasteiger partial charge on any atom is 0.353 e. The highest BCUT2D eigenvalue weighted by Crippen LogP contribution is 2.26. The number of hydrogen-bond acceptors (Lipinski definition) is 2. The minimum absolute atomic E-state index is 0.0459. The SMILES string of the molecule is O=C(O)c1cnc(-c2ccc(F)cc2Cl)[nH]1. The van der Waals surface area contributed by atoms with E-state index in [0.717, 1.165) is 6.07 Å². The Morgan fingerprint density at radius 3 is 2.81 bits per heavy atom. The molecule has 0 unspecified atom stereocenters. The van der Waals surface area contributed by atoms with Crippen LogP contribution in [0.2, 0.25) is 5.02 Å². The van der Waals surface area contributed by atoms with E-state index in [9.17, 15) is 9.18 Å². The van der Waals surface area contributed by atoms with Crippen LogP contribution in [0.15, 0.2) is 24.4 Å². The van der Waals surface area contributed by atoms with Crippen molar-refractivity contribution in [3.05, 3.63) is 40.9 Å². The molecule has 2 rings (SSSR count). The normalized spacial score (nSPS) is 10.4. The van der Waals surface area contributed by atoms with E-state index in [1.54, 1.807) is 0 Å². The number of carboxylic acids is 1. The van der Waals surface area contributed by atoms with E-state index in [1.165, 1.54) is 18.3 Å². The second-order valence-electron chi connectivity index (χ2n) is 3.07. The van der Waals surface area contributed by atoms with E-state index in [0.29, 0.717) is 11.4 Å². The molecule has 2 N–H and O–H groups in total. The lowest BCUT2D eigenvalue weighted by Crippen LogP contribution is -1.95. The number of carboxylic acid groups (broad SMARTS) is 1. The number of aromatic amines is 1. The molecule has 16 heavy (non-hydrogen) atoms. The molecule has 82 valence electrons. The Bertz CT molecular complexity index is 554. The lowest BCUT2D eigenvalue weighted by molar-refractivity contribution is 0.0691. The molecule has 0 radical (unpaired) electrons. The fraction of sp³-hybridized carbons (Fsp3) is 0. The van der Waals surface area contributed by atoms with Crippen molar-refractivity contribution in [2.24, 2.45) is 0 Å². The molecule has 0 amide bonds. The molecule has 0 saturated heterocycles. The number of imidazole rings is 1. The molecular weight excluding hydrogens is 235 g/mol. The van der Waals surface area contributed by atoms with Crippen LogP contribution in [0.1, 0.15) is 10.5 Å². The van der Waals surface area contributed by atoms with Crippen LogP contribution in [0.3, 0.4) is 0 Å². The summed E-state index contributed by atoms with van der Waals surface area (Å²) in [5.41, 5.74) is 0.408. The first-order valence-electron chi connectivity index (χ1n) is 4.31. The van der Waals surface area contributed by atoms with Crippen LogP contribution >= 0.6 is 11.6 Å². The highest BCUT2D eigenvalue weighted by atomic mass is 35.5. The number of halogens is 2. The molecule has 0 aliphatic heterocycles. The van der Waals surface area contributed by atoms with E-state index >= 15 is 0 Å². The number of carbonyl (C=O) groups is 1. The summed E-state index contributed by atoms with van der Waals surface area (Å²) in [6.07, 6.45) is 1.18. The Morgan fingerprint density at radius 1 is 1.50 bits per heavy atom. The molecule has 0 saturated carbocycles. The number of H-pyrrole nitrogens is 1. The molecule has 4 nitrogen and oxygen atoms in total. The van der Waals surface area contributed by atoms with E-state index in [1.807, 2.05) is 0 Å². The number of nitrogens with zero attached hydrogens (tertiary/aromatic N) is 1. The van der Waals surface area contributed by atoms with Crippen LogP contribution in [0.5, 0.6) is 0 Å². The number of hydrogen-bond donors (Lipinski definition) is 2. The van der Waals surface area contributed by atoms with Crippen molar-refractivity contribution in [3.8, 4) is 11.4 Å². The van der Waals surface area contributed by atoms with E-state index in [2.05, 4.69) is 9.97 Å². The summed E-state index contributed by atoms with van der Waals surface area (Å²) in [7, 11) is 0. The monoisotopic (exact) mass is 240 g/mol. The van der Waals surface area contributed by atoms with Gasteiger partial charge in [0.25, 0.3) is 0 Å². The van der Waals surface area contributed by atoms with Crippen molar-refractivity contribution in [1.82, 2.24) is 9.97 Å². The smallest absolute Gasteiger partial charge is 0.353 e. The number of nitrogens with one attached hydrogen (secondary N) is 1.